The van der Waals surface area contributed by atoms with E-state index in [1.165, 1.54) is 17.7 Å². The van der Waals surface area contributed by atoms with E-state index >= 15 is 0 Å². The lowest BCUT2D eigenvalue weighted by Gasteiger charge is -2.22. The Hall–Kier alpha value is -1.69. The summed E-state index contributed by atoms with van der Waals surface area (Å²) in [6.45, 7) is 4.82. The maximum absolute atomic E-state index is 13.0. The van der Waals surface area contributed by atoms with Crippen molar-refractivity contribution >= 4 is 28.3 Å². The van der Waals surface area contributed by atoms with E-state index in [-0.39, 0.29) is 17.7 Å². The molecular formula is C18H23N3O2S. The maximum atomic E-state index is 13.0. The summed E-state index contributed by atoms with van der Waals surface area (Å²) in [4.78, 5) is 34.9. The first-order valence-electron chi connectivity index (χ1n) is 8.87. The van der Waals surface area contributed by atoms with Gasteiger partial charge in [-0.2, -0.15) is 0 Å². The van der Waals surface area contributed by atoms with E-state index < -0.39 is 0 Å². The summed E-state index contributed by atoms with van der Waals surface area (Å²) in [6.07, 6.45) is 8.72. The third kappa shape index (κ3) is 2.88. The van der Waals surface area contributed by atoms with Crippen LogP contribution in [0.2, 0.25) is 0 Å². The lowest BCUT2D eigenvalue weighted by Crippen LogP contribution is -2.38. The highest BCUT2D eigenvalue weighted by atomic mass is 32.1. The lowest BCUT2D eigenvalue weighted by atomic mass is 10.0. The van der Waals surface area contributed by atoms with Crippen molar-refractivity contribution in [3.05, 3.63) is 23.2 Å². The minimum Gasteiger partial charge on any atom is -0.339 e. The molecule has 4 rings (SSSR count). The highest BCUT2D eigenvalue weighted by molar-refractivity contribution is 7.16. The fourth-order valence-corrected chi connectivity index (χ4v) is 4.86. The number of thiazole rings is 1. The van der Waals surface area contributed by atoms with Gasteiger partial charge in [0.1, 0.15) is 0 Å². The number of fused-ring (bicyclic) bond motifs is 1. The summed E-state index contributed by atoms with van der Waals surface area (Å²) in [6, 6.07) is 0.385. The van der Waals surface area contributed by atoms with Gasteiger partial charge >= 0.3 is 0 Å². The summed E-state index contributed by atoms with van der Waals surface area (Å²) < 4.78 is 0. The van der Waals surface area contributed by atoms with Crippen LogP contribution in [-0.2, 0) is 22.4 Å². The van der Waals surface area contributed by atoms with Gasteiger partial charge in [-0.15, -0.1) is 17.9 Å². The molecule has 128 valence electrons. The Labute approximate surface area is 146 Å². The normalized spacial score (nSPS) is 23.2. The van der Waals surface area contributed by atoms with Crippen molar-refractivity contribution in [3.63, 3.8) is 0 Å². The minimum atomic E-state index is -0.237. The molecule has 1 aliphatic heterocycles. The number of anilines is 1. The zero-order chi connectivity index (χ0) is 16.7. The number of carbonyl (C=O) groups is 2. The van der Waals surface area contributed by atoms with Gasteiger partial charge in [0.05, 0.1) is 11.6 Å². The molecule has 0 unspecified atom stereocenters. The van der Waals surface area contributed by atoms with Crippen LogP contribution in [0, 0.1) is 5.92 Å². The molecule has 3 aliphatic rings. The smallest absolute Gasteiger partial charge is 0.234 e. The third-order valence-corrected chi connectivity index (χ3v) is 6.32. The molecule has 1 saturated heterocycles. The predicted octanol–water partition coefficient (Wildman–Crippen LogP) is 2.55. The van der Waals surface area contributed by atoms with Crippen molar-refractivity contribution in [3.8, 4) is 0 Å². The summed E-state index contributed by atoms with van der Waals surface area (Å²) in [7, 11) is 0. The molecule has 2 fully saturated rings. The van der Waals surface area contributed by atoms with Crippen molar-refractivity contribution in [1.29, 1.82) is 0 Å². The van der Waals surface area contributed by atoms with E-state index in [0.29, 0.717) is 25.6 Å². The average Bonchev–Trinajstić information content (AvgIpc) is 3.21. The Morgan fingerprint density at radius 1 is 1.38 bits per heavy atom. The van der Waals surface area contributed by atoms with Crippen molar-refractivity contribution < 1.29 is 9.59 Å². The first-order valence-corrected chi connectivity index (χ1v) is 9.69. The number of aromatic nitrogens is 1. The number of amides is 2. The zero-order valence-corrected chi connectivity index (χ0v) is 14.7. The maximum Gasteiger partial charge on any atom is 0.234 e. The largest absolute Gasteiger partial charge is 0.339 e. The van der Waals surface area contributed by atoms with E-state index in [2.05, 4.69) is 6.58 Å². The first kappa shape index (κ1) is 15.8. The quantitative estimate of drug-likeness (QED) is 0.771. The van der Waals surface area contributed by atoms with Crippen LogP contribution in [-0.4, -0.2) is 40.8 Å². The number of nitrogens with zero attached hydrogens (tertiary/aromatic N) is 3. The van der Waals surface area contributed by atoms with Crippen molar-refractivity contribution in [2.45, 2.75) is 51.0 Å². The van der Waals surface area contributed by atoms with E-state index in [0.717, 1.165) is 36.5 Å². The highest BCUT2D eigenvalue weighted by Gasteiger charge is 2.43. The SMILES string of the molecule is C=CCN(C(=O)[C@@H]1CC(=O)N(C2CC2)C1)c1nc2c(s1)CCCC2. The van der Waals surface area contributed by atoms with Gasteiger partial charge in [0.15, 0.2) is 5.13 Å². The second-order valence-electron chi connectivity index (χ2n) is 6.99. The minimum absolute atomic E-state index is 0.0255. The topological polar surface area (TPSA) is 53.5 Å². The van der Waals surface area contributed by atoms with Crippen LogP contribution in [0.3, 0.4) is 0 Å². The molecule has 0 bridgehead atoms. The number of aryl methyl sites for hydroxylation is 2. The van der Waals surface area contributed by atoms with Crippen LogP contribution >= 0.6 is 11.3 Å². The molecule has 1 saturated carbocycles. The number of hydrogen-bond donors (Lipinski definition) is 0. The zero-order valence-electron chi connectivity index (χ0n) is 13.9. The van der Waals surface area contributed by atoms with Crippen molar-refractivity contribution in [1.82, 2.24) is 9.88 Å². The molecule has 1 aromatic rings. The fourth-order valence-electron chi connectivity index (χ4n) is 3.70. The van der Waals surface area contributed by atoms with Crippen LogP contribution in [0.15, 0.2) is 12.7 Å². The Kier molecular flexibility index (Phi) is 4.16. The average molecular weight is 345 g/mol. The monoisotopic (exact) mass is 345 g/mol. The summed E-state index contributed by atoms with van der Waals surface area (Å²) >= 11 is 1.64. The third-order valence-electron chi connectivity index (χ3n) is 5.14. The molecule has 6 heteroatoms. The Balaban J connectivity index is 1.54. The number of carbonyl (C=O) groups excluding carboxylic acids is 2. The van der Waals surface area contributed by atoms with E-state index in [1.54, 1.807) is 22.3 Å². The molecule has 2 heterocycles. The van der Waals surface area contributed by atoms with Gasteiger partial charge < -0.3 is 4.90 Å². The van der Waals surface area contributed by atoms with Crippen LogP contribution < -0.4 is 4.90 Å². The number of hydrogen-bond acceptors (Lipinski definition) is 4. The number of likely N-dealkylation sites (tertiary alicyclic amines) is 1. The van der Waals surface area contributed by atoms with Gasteiger partial charge in [-0.1, -0.05) is 6.08 Å². The first-order chi connectivity index (χ1) is 11.7. The highest BCUT2D eigenvalue weighted by Crippen LogP contribution is 2.36. The van der Waals surface area contributed by atoms with Gasteiger partial charge in [0.25, 0.3) is 0 Å². The van der Waals surface area contributed by atoms with Crippen molar-refractivity contribution in [2.24, 2.45) is 5.92 Å². The Bertz CT molecular complexity index is 656. The van der Waals surface area contributed by atoms with Gasteiger partial charge in [0.2, 0.25) is 11.8 Å². The lowest BCUT2D eigenvalue weighted by molar-refractivity contribution is -0.128. The van der Waals surface area contributed by atoms with Gasteiger partial charge in [-0.3, -0.25) is 14.5 Å². The summed E-state index contributed by atoms with van der Waals surface area (Å²) in [5.41, 5.74) is 1.16. The molecule has 0 spiro atoms. The second-order valence-corrected chi connectivity index (χ2v) is 8.05. The van der Waals surface area contributed by atoms with Crippen LogP contribution in [0.4, 0.5) is 5.13 Å². The summed E-state index contributed by atoms with van der Waals surface area (Å²) in [5.74, 6) is -0.0793. The Morgan fingerprint density at radius 2 is 2.17 bits per heavy atom. The standard InChI is InChI=1S/C18H23N3O2S/c1-2-9-20(18-19-14-5-3-4-6-15(14)24-18)17(23)12-10-16(22)21(11-12)13-7-8-13/h2,12-13H,1,3-11H2/t12-/m1/s1. The van der Waals surface area contributed by atoms with E-state index in [1.807, 2.05) is 4.90 Å². The molecule has 0 N–H and O–H groups in total. The number of rotatable bonds is 5. The predicted molar refractivity (Wildman–Crippen MR) is 94.1 cm³/mol. The molecule has 0 radical (unpaired) electrons. The molecule has 2 amide bonds. The van der Waals surface area contributed by atoms with Crippen LogP contribution in [0.25, 0.3) is 0 Å². The van der Waals surface area contributed by atoms with Crippen LogP contribution in [0.1, 0.15) is 42.7 Å². The van der Waals surface area contributed by atoms with E-state index in [4.69, 9.17) is 4.98 Å². The van der Waals surface area contributed by atoms with E-state index in [9.17, 15) is 9.59 Å². The molecule has 1 atom stereocenters. The molecule has 1 aromatic heterocycles. The molecule has 5 nitrogen and oxygen atoms in total. The van der Waals surface area contributed by atoms with Gasteiger partial charge in [-0.25, -0.2) is 4.98 Å². The van der Waals surface area contributed by atoms with Crippen molar-refractivity contribution in [2.75, 3.05) is 18.0 Å². The Morgan fingerprint density at radius 3 is 2.88 bits per heavy atom. The van der Waals surface area contributed by atoms with Crippen LogP contribution in [0.5, 0.6) is 0 Å². The summed E-state index contributed by atoms with van der Waals surface area (Å²) in [5, 5.41) is 0.782. The molecule has 0 aromatic carbocycles. The van der Waals surface area contributed by atoms with Gasteiger partial charge in [0, 0.05) is 30.4 Å². The molecule has 2 aliphatic carbocycles. The van der Waals surface area contributed by atoms with Gasteiger partial charge in [-0.05, 0) is 38.5 Å². The second kappa shape index (κ2) is 6.31. The fraction of sp³-hybridized carbons (Fsp3) is 0.611. The molecular weight excluding hydrogens is 322 g/mol. The molecule has 24 heavy (non-hydrogen) atoms.